The van der Waals surface area contributed by atoms with E-state index in [1.54, 1.807) is 20.8 Å². The number of nitrogens with zero attached hydrogens (tertiary/aromatic N) is 5. The largest absolute Gasteiger partial charge is 0.483 e. The standard InChI is InChI=1S/C36H41ClN6.C4H10O.C2H2.CH2O2/c1-7-27-22(3)38-23(4)30(32(27)42-16-13-36(5,6)14-17-42)25-9-10-26-20-43(15-12-24(26)19-25)35-40-33(37)31-28-11-8-21(2)18-29(28)39-34(31)41-35;1-4(2,3)5;1-2;2-1-3/h8-11,18-19H,7,12-17,20H2,1-6H3,(H,39,40,41);5H,1-3H3;1-2H;1H,(H,2,3). The van der Waals surface area contributed by atoms with Crippen LogP contribution in [0, 0.1) is 39.0 Å². The highest BCUT2D eigenvalue weighted by Crippen LogP contribution is 2.42. The number of carbonyl (C=O) groups is 1. The second-order valence-electron chi connectivity index (χ2n) is 15.6. The predicted octanol–water partition coefficient (Wildman–Crippen LogP) is 9.23. The number of aromatic nitrogens is 4. The van der Waals surface area contributed by atoms with Crippen LogP contribution < -0.4 is 9.80 Å². The molecule has 0 radical (unpaired) electrons. The minimum atomic E-state index is -0.500. The molecule has 3 aromatic heterocycles. The highest BCUT2D eigenvalue weighted by molar-refractivity contribution is 6.36. The van der Waals surface area contributed by atoms with Crippen LogP contribution >= 0.6 is 11.6 Å². The molecular formula is C43H55ClN6O3. The van der Waals surface area contributed by atoms with Gasteiger partial charge in [-0.3, -0.25) is 9.78 Å². The Bertz CT molecular complexity index is 2080. The van der Waals surface area contributed by atoms with Crippen LogP contribution in [0.1, 0.15) is 88.0 Å². The van der Waals surface area contributed by atoms with E-state index in [1.807, 2.05) is 0 Å². The molecule has 0 aliphatic carbocycles. The van der Waals surface area contributed by atoms with Crippen LogP contribution in [0.3, 0.4) is 0 Å². The lowest BCUT2D eigenvalue weighted by molar-refractivity contribution is -0.122. The van der Waals surface area contributed by atoms with Crippen molar-refractivity contribution in [1.82, 2.24) is 19.9 Å². The van der Waals surface area contributed by atoms with Crippen molar-refractivity contribution >= 4 is 51.6 Å². The first-order valence-electron chi connectivity index (χ1n) is 18.2. The Hall–Kier alpha value is -4.65. The van der Waals surface area contributed by atoms with E-state index in [-0.39, 0.29) is 6.47 Å². The van der Waals surface area contributed by atoms with E-state index in [0.29, 0.717) is 16.5 Å². The maximum Gasteiger partial charge on any atom is 0.290 e. The maximum absolute atomic E-state index is 8.52. The Labute approximate surface area is 319 Å². The summed E-state index contributed by atoms with van der Waals surface area (Å²) in [4.78, 5) is 31.5. The van der Waals surface area contributed by atoms with Gasteiger partial charge in [0.25, 0.3) is 6.47 Å². The molecule has 0 saturated carbocycles. The third-order valence-corrected chi connectivity index (χ3v) is 10.1. The molecule has 0 unspecified atom stereocenters. The predicted molar refractivity (Wildman–Crippen MR) is 220 cm³/mol. The lowest BCUT2D eigenvalue weighted by atomic mass is 9.82. The molecule has 5 heterocycles. The number of rotatable bonds is 4. The molecule has 0 bridgehead atoms. The summed E-state index contributed by atoms with van der Waals surface area (Å²) in [5, 5.41) is 17.9. The summed E-state index contributed by atoms with van der Waals surface area (Å²) < 4.78 is 0. The zero-order chi connectivity index (χ0) is 39.2. The van der Waals surface area contributed by atoms with Gasteiger partial charge in [-0.25, -0.2) is 4.98 Å². The second kappa shape index (κ2) is 17.0. The first kappa shape index (κ1) is 41.1. The molecule has 0 amide bonds. The molecule has 53 heavy (non-hydrogen) atoms. The number of aromatic amines is 1. The maximum atomic E-state index is 8.52. The number of H-pyrrole nitrogens is 1. The third kappa shape index (κ3) is 9.67. The van der Waals surface area contributed by atoms with E-state index in [4.69, 9.17) is 41.6 Å². The topological polar surface area (TPSA) is 118 Å². The van der Waals surface area contributed by atoms with Crippen molar-refractivity contribution in [2.45, 2.75) is 100 Å². The number of hydrogen-bond donors (Lipinski definition) is 3. The van der Waals surface area contributed by atoms with Crippen LogP contribution in [0.4, 0.5) is 11.6 Å². The minimum Gasteiger partial charge on any atom is -0.483 e. The van der Waals surface area contributed by atoms with Gasteiger partial charge in [-0.1, -0.05) is 62.7 Å². The number of benzene rings is 2. The Morgan fingerprint density at radius 3 is 2.21 bits per heavy atom. The van der Waals surface area contributed by atoms with Gasteiger partial charge >= 0.3 is 0 Å². The number of carboxylic acid groups (broad SMARTS) is 1. The average molecular weight is 739 g/mol. The summed E-state index contributed by atoms with van der Waals surface area (Å²) in [6.07, 6.45) is 12.3. The first-order valence-corrected chi connectivity index (χ1v) is 18.6. The van der Waals surface area contributed by atoms with E-state index < -0.39 is 5.60 Å². The van der Waals surface area contributed by atoms with Gasteiger partial charge in [0.15, 0.2) is 0 Å². The number of fused-ring (bicyclic) bond motifs is 4. The van der Waals surface area contributed by atoms with Crippen molar-refractivity contribution in [2.24, 2.45) is 5.41 Å². The third-order valence-electron chi connectivity index (χ3n) is 9.78. The number of anilines is 2. The molecule has 10 heteroatoms. The zero-order valence-corrected chi connectivity index (χ0v) is 33.5. The van der Waals surface area contributed by atoms with Crippen molar-refractivity contribution in [2.75, 3.05) is 29.4 Å². The number of nitrogens with one attached hydrogen (secondary N) is 1. The number of pyridine rings is 1. The fourth-order valence-electron chi connectivity index (χ4n) is 7.20. The quantitative estimate of drug-likeness (QED) is 0.0949. The van der Waals surface area contributed by atoms with E-state index >= 15 is 0 Å². The first-order chi connectivity index (χ1) is 25.0. The number of aryl methyl sites for hydroxylation is 3. The molecule has 1 saturated heterocycles. The highest BCUT2D eigenvalue weighted by Gasteiger charge is 2.30. The van der Waals surface area contributed by atoms with Gasteiger partial charge in [0, 0.05) is 54.0 Å². The Morgan fingerprint density at radius 1 is 0.943 bits per heavy atom. The van der Waals surface area contributed by atoms with Crippen LogP contribution in [-0.4, -0.2) is 61.9 Å². The summed E-state index contributed by atoms with van der Waals surface area (Å²) >= 11 is 6.77. The van der Waals surface area contributed by atoms with Crippen LogP contribution in [0.2, 0.25) is 5.15 Å². The summed E-state index contributed by atoms with van der Waals surface area (Å²) in [5.41, 5.74) is 13.3. The molecule has 282 valence electrons. The van der Waals surface area contributed by atoms with E-state index in [0.717, 1.165) is 72.3 Å². The molecule has 0 spiro atoms. The van der Waals surface area contributed by atoms with Crippen molar-refractivity contribution in [3.05, 3.63) is 75.2 Å². The molecule has 7 rings (SSSR count). The smallest absolute Gasteiger partial charge is 0.290 e. The molecule has 5 aromatic rings. The van der Waals surface area contributed by atoms with E-state index in [9.17, 15) is 0 Å². The molecule has 2 aromatic carbocycles. The summed E-state index contributed by atoms with van der Waals surface area (Å²) in [5.74, 6) is 0.678. The number of halogens is 1. The van der Waals surface area contributed by atoms with Gasteiger partial charge in [-0.15, -0.1) is 12.8 Å². The Kier molecular flexibility index (Phi) is 13.2. The van der Waals surface area contributed by atoms with Gasteiger partial charge in [-0.05, 0) is 107 Å². The monoisotopic (exact) mass is 738 g/mol. The summed E-state index contributed by atoms with van der Waals surface area (Å²) in [6.45, 7) is 22.3. The van der Waals surface area contributed by atoms with Gasteiger partial charge in [0.1, 0.15) is 10.8 Å². The molecule has 3 N–H and O–H groups in total. The van der Waals surface area contributed by atoms with Crippen LogP contribution in [0.25, 0.3) is 33.1 Å². The lowest BCUT2D eigenvalue weighted by Crippen LogP contribution is -2.38. The van der Waals surface area contributed by atoms with Crippen LogP contribution in [0.15, 0.2) is 36.4 Å². The summed E-state index contributed by atoms with van der Waals surface area (Å²) in [6, 6.07) is 13.3. The van der Waals surface area contributed by atoms with Crippen molar-refractivity contribution in [3.8, 4) is 24.0 Å². The highest BCUT2D eigenvalue weighted by atomic mass is 35.5. The number of hydrogen-bond acceptors (Lipinski definition) is 7. The number of aliphatic hydroxyl groups is 1. The van der Waals surface area contributed by atoms with E-state index in [1.165, 1.54) is 51.9 Å². The molecular weight excluding hydrogens is 684 g/mol. The van der Waals surface area contributed by atoms with Gasteiger partial charge in [0.05, 0.1) is 16.7 Å². The van der Waals surface area contributed by atoms with Crippen molar-refractivity contribution in [3.63, 3.8) is 0 Å². The van der Waals surface area contributed by atoms with Crippen LogP contribution in [-0.2, 0) is 24.2 Å². The normalized spacial score (nSPS) is 15.0. The SMILES string of the molecule is C#C.CC(C)(C)O.CCc1c(C)nc(C)c(-c2ccc3c(c2)CCN(c2nc(Cl)c4c(n2)[nH]c2cc(C)ccc24)C3)c1N1CCC(C)(C)CC1.O=CO. The fraction of sp³-hybridized carbons (Fsp3) is 0.442. The van der Waals surface area contributed by atoms with Gasteiger partial charge in [0.2, 0.25) is 5.95 Å². The van der Waals surface area contributed by atoms with Crippen molar-refractivity contribution < 1.29 is 15.0 Å². The van der Waals surface area contributed by atoms with Gasteiger partial charge in [-0.2, -0.15) is 4.98 Å². The van der Waals surface area contributed by atoms with Gasteiger partial charge < -0.3 is 25.0 Å². The average Bonchev–Trinajstić information content (AvgIpc) is 3.46. The Morgan fingerprint density at radius 2 is 1.58 bits per heavy atom. The molecule has 2 aliphatic rings. The minimum absolute atomic E-state index is 0.250. The zero-order valence-electron chi connectivity index (χ0n) is 32.8. The second-order valence-corrected chi connectivity index (χ2v) is 16.0. The fourth-order valence-corrected chi connectivity index (χ4v) is 7.47. The molecule has 9 nitrogen and oxygen atoms in total. The van der Waals surface area contributed by atoms with Crippen molar-refractivity contribution in [1.29, 1.82) is 0 Å². The van der Waals surface area contributed by atoms with E-state index in [2.05, 4.69) is 106 Å². The molecule has 0 atom stereocenters. The number of piperidine rings is 1. The Balaban J connectivity index is 0.000000565. The summed E-state index contributed by atoms with van der Waals surface area (Å²) in [7, 11) is 0. The lowest BCUT2D eigenvalue weighted by Gasteiger charge is -2.40. The molecule has 1 fully saturated rings. The number of terminal acetylenes is 1. The molecule has 2 aliphatic heterocycles. The van der Waals surface area contributed by atoms with Crippen LogP contribution in [0.5, 0.6) is 0 Å².